The second-order valence-electron chi connectivity index (χ2n) is 5.73. The third-order valence-electron chi connectivity index (χ3n) is 4.21. The van der Waals surface area contributed by atoms with Crippen LogP contribution < -0.4 is 9.64 Å². The van der Waals surface area contributed by atoms with Gasteiger partial charge in [-0.1, -0.05) is 28.1 Å². The molecule has 5 heteroatoms. The Morgan fingerprint density at radius 1 is 0.960 bits per heavy atom. The highest BCUT2D eigenvalue weighted by Gasteiger charge is 2.34. The Labute approximate surface area is 153 Å². The molecule has 0 spiro atoms. The molecule has 25 heavy (non-hydrogen) atoms. The minimum atomic E-state index is -0.320. The number of amides is 2. The summed E-state index contributed by atoms with van der Waals surface area (Å²) in [7, 11) is 0. The predicted octanol–water partition coefficient (Wildman–Crippen LogP) is 4.80. The number of carbonyl (C=O) groups is 2. The lowest BCUT2D eigenvalue weighted by Gasteiger charge is -2.27. The quantitative estimate of drug-likeness (QED) is 0.598. The average molecular weight is 396 g/mol. The Hall–Kier alpha value is -2.66. The molecule has 2 amide bonds. The van der Waals surface area contributed by atoms with Gasteiger partial charge in [-0.3, -0.25) is 9.59 Å². The zero-order valence-corrected chi connectivity index (χ0v) is 15.0. The Morgan fingerprint density at radius 2 is 1.68 bits per heavy atom. The molecule has 0 N–H and O–H groups in total. The minimum absolute atomic E-state index is 0.311. The van der Waals surface area contributed by atoms with Gasteiger partial charge in [0.15, 0.2) is 0 Å². The van der Waals surface area contributed by atoms with Gasteiger partial charge in [0.05, 0.1) is 17.9 Å². The Bertz CT molecular complexity index is 1010. The van der Waals surface area contributed by atoms with Gasteiger partial charge >= 0.3 is 0 Å². The molecule has 1 heterocycles. The summed E-state index contributed by atoms with van der Waals surface area (Å²) < 4.78 is 6.23. The van der Waals surface area contributed by atoms with Crippen LogP contribution in [0.3, 0.4) is 0 Å². The second kappa shape index (κ2) is 6.01. The van der Waals surface area contributed by atoms with Crippen LogP contribution in [0.2, 0.25) is 0 Å². The van der Waals surface area contributed by atoms with Crippen LogP contribution in [0.5, 0.6) is 5.75 Å². The fraction of sp³-hybridized carbons (Fsp3) is 0.100. The SMILES string of the molecule is CCOc1ccc(N2C(=O)c3cccc4cc(Br)cc(c34)C2=O)cc1. The molecule has 0 aromatic heterocycles. The van der Waals surface area contributed by atoms with Gasteiger partial charge in [-0.2, -0.15) is 0 Å². The largest absolute Gasteiger partial charge is 0.494 e. The van der Waals surface area contributed by atoms with Gasteiger partial charge in [0.1, 0.15) is 5.75 Å². The number of hydrogen-bond donors (Lipinski definition) is 0. The van der Waals surface area contributed by atoms with Crippen molar-refractivity contribution in [3.8, 4) is 5.75 Å². The summed E-state index contributed by atoms with van der Waals surface area (Å²) >= 11 is 3.45. The lowest BCUT2D eigenvalue weighted by atomic mass is 9.94. The number of anilines is 1. The zero-order valence-electron chi connectivity index (χ0n) is 13.5. The van der Waals surface area contributed by atoms with Crippen LogP contribution in [0, 0.1) is 0 Å². The van der Waals surface area contributed by atoms with E-state index < -0.39 is 0 Å². The molecule has 0 saturated heterocycles. The highest BCUT2D eigenvalue weighted by atomic mass is 79.9. The first-order valence-electron chi connectivity index (χ1n) is 7.94. The van der Waals surface area contributed by atoms with Crippen molar-refractivity contribution in [2.45, 2.75) is 6.92 Å². The van der Waals surface area contributed by atoms with Crippen molar-refractivity contribution in [1.82, 2.24) is 0 Å². The van der Waals surface area contributed by atoms with Gasteiger partial charge in [0, 0.05) is 15.4 Å². The monoisotopic (exact) mass is 395 g/mol. The number of ether oxygens (including phenoxy) is 1. The Kier molecular flexibility index (Phi) is 3.81. The van der Waals surface area contributed by atoms with Crippen molar-refractivity contribution in [2.24, 2.45) is 0 Å². The van der Waals surface area contributed by atoms with Gasteiger partial charge in [-0.15, -0.1) is 0 Å². The number of carbonyl (C=O) groups excluding carboxylic acids is 2. The average Bonchev–Trinajstić information content (AvgIpc) is 2.61. The normalized spacial score (nSPS) is 13.4. The van der Waals surface area contributed by atoms with E-state index in [0.717, 1.165) is 9.86 Å². The first kappa shape index (κ1) is 15.8. The van der Waals surface area contributed by atoms with Crippen LogP contribution in [0.4, 0.5) is 5.69 Å². The van der Waals surface area contributed by atoms with Crippen molar-refractivity contribution < 1.29 is 14.3 Å². The maximum Gasteiger partial charge on any atom is 0.266 e. The molecular formula is C20H14BrNO3. The van der Waals surface area contributed by atoms with E-state index >= 15 is 0 Å². The highest BCUT2D eigenvalue weighted by molar-refractivity contribution is 9.10. The van der Waals surface area contributed by atoms with Crippen LogP contribution in [0.1, 0.15) is 27.6 Å². The summed E-state index contributed by atoms with van der Waals surface area (Å²) in [4.78, 5) is 27.2. The molecule has 0 aliphatic carbocycles. The Balaban J connectivity index is 1.87. The molecule has 124 valence electrons. The summed E-state index contributed by atoms with van der Waals surface area (Å²) in [5.74, 6) is 0.0714. The lowest BCUT2D eigenvalue weighted by Crippen LogP contribution is -2.40. The maximum atomic E-state index is 13.0. The van der Waals surface area contributed by atoms with E-state index in [2.05, 4.69) is 15.9 Å². The minimum Gasteiger partial charge on any atom is -0.494 e. The predicted molar refractivity (Wildman–Crippen MR) is 100 cm³/mol. The van der Waals surface area contributed by atoms with E-state index in [1.165, 1.54) is 4.90 Å². The maximum absolute atomic E-state index is 13.0. The molecule has 0 atom stereocenters. The standard InChI is InChI=1S/C20H14BrNO3/c1-2-25-15-8-6-14(7-9-15)22-19(23)16-5-3-4-12-10-13(21)11-17(18(12)16)20(22)24/h3-11H,2H2,1H3. The van der Waals surface area contributed by atoms with E-state index in [-0.39, 0.29) is 11.8 Å². The van der Waals surface area contributed by atoms with E-state index in [9.17, 15) is 9.59 Å². The number of halogens is 1. The van der Waals surface area contributed by atoms with Gasteiger partial charge in [0.2, 0.25) is 0 Å². The van der Waals surface area contributed by atoms with E-state index in [1.54, 1.807) is 36.4 Å². The molecular weight excluding hydrogens is 382 g/mol. The van der Waals surface area contributed by atoms with Gasteiger partial charge in [-0.05, 0) is 54.8 Å². The molecule has 4 rings (SSSR count). The molecule has 1 aliphatic heterocycles. The lowest BCUT2D eigenvalue weighted by molar-refractivity contribution is 0.0893. The van der Waals surface area contributed by atoms with Crippen LogP contribution in [0.25, 0.3) is 10.8 Å². The van der Waals surface area contributed by atoms with Gasteiger partial charge in [-0.25, -0.2) is 4.90 Å². The molecule has 0 bridgehead atoms. The van der Waals surface area contributed by atoms with Crippen molar-refractivity contribution in [1.29, 1.82) is 0 Å². The third kappa shape index (κ3) is 2.51. The molecule has 0 saturated carbocycles. The first-order chi connectivity index (χ1) is 12.1. The zero-order chi connectivity index (χ0) is 17.6. The fourth-order valence-electron chi connectivity index (χ4n) is 3.16. The van der Waals surface area contributed by atoms with Crippen molar-refractivity contribution in [3.63, 3.8) is 0 Å². The van der Waals surface area contributed by atoms with Crippen LogP contribution >= 0.6 is 15.9 Å². The molecule has 0 unspecified atom stereocenters. The number of rotatable bonds is 3. The molecule has 3 aromatic rings. The summed E-state index contributed by atoms with van der Waals surface area (Å²) in [5, 5.41) is 1.58. The smallest absolute Gasteiger partial charge is 0.266 e. The van der Waals surface area contributed by atoms with Crippen LogP contribution in [-0.2, 0) is 0 Å². The van der Waals surface area contributed by atoms with E-state index in [4.69, 9.17) is 4.74 Å². The number of imide groups is 1. The van der Waals surface area contributed by atoms with Gasteiger partial charge < -0.3 is 4.74 Å². The van der Waals surface area contributed by atoms with Crippen LogP contribution in [0.15, 0.2) is 59.1 Å². The van der Waals surface area contributed by atoms with E-state index in [1.807, 2.05) is 25.1 Å². The highest BCUT2D eigenvalue weighted by Crippen LogP contribution is 2.35. The number of nitrogens with zero attached hydrogens (tertiary/aromatic N) is 1. The molecule has 0 fully saturated rings. The molecule has 1 aliphatic rings. The summed E-state index contributed by atoms with van der Waals surface area (Å²) in [6, 6.07) is 16.1. The first-order valence-corrected chi connectivity index (χ1v) is 8.73. The van der Waals surface area contributed by atoms with Gasteiger partial charge in [0.25, 0.3) is 11.8 Å². The summed E-state index contributed by atoms with van der Waals surface area (Å²) in [5.41, 5.74) is 1.59. The second-order valence-corrected chi connectivity index (χ2v) is 6.65. The fourth-order valence-corrected chi connectivity index (χ4v) is 3.64. The van der Waals surface area contributed by atoms with E-state index in [0.29, 0.717) is 34.6 Å². The van der Waals surface area contributed by atoms with Crippen LogP contribution in [-0.4, -0.2) is 18.4 Å². The Morgan fingerprint density at radius 3 is 2.40 bits per heavy atom. The summed E-state index contributed by atoms with van der Waals surface area (Å²) in [6.07, 6.45) is 0. The van der Waals surface area contributed by atoms with Crippen molar-refractivity contribution in [3.05, 3.63) is 70.2 Å². The van der Waals surface area contributed by atoms with Crippen molar-refractivity contribution in [2.75, 3.05) is 11.5 Å². The molecule has 0 radical (unpaired) electrons. The number of benzene rings is 3. The third-order valence-corrected chi connectivity index (χ3v) is 4.67. The van der Waals surface area contributed by atoms with Crippen molar-refractivity contribution >= 4 is 44.2 Å². The molecule has 3 aromatic carbocycles. The topological polar surface area (TPSA) is 46.6 Å². The molecule has 4 nitrogen and oxygen atoms in total. The number of hydrogen-bond acceptors (Lipinski definition) is 3. The summed E-state index contributed by atoms with van der Waals surface area (Å²) in [6.45, 7) is 2.46.